The van der Waals surface area contributed by atoms with Crippen molar-refractivity contribution in [2.75, 3.05) is 0 Å². The van der Waals surface area contributed by atoms with Gasteiger partial charge in [0.05, 0.1) is 24.0 Å². The van der Waals surface area contributed by atoms with Gasteiger partial charge in [-0.2, -0.15) is 5.10 Å². The van der Waals surface area contributed by atoms with Crippen LogP contribution < -0.4 is 5.32 Å². The van der Waals surface area contributed by atoms with Crippen molar-refractivity contribution in [1.29, 1.82) is 0 Å². The maximum absolute atomic E-state index is 11.8. The summed E-state index contributed by atoms with van der Waals surface area (Å²) in [5.41, 5.74) is 1.20. The van der Waals surface area contributed by atoms with Gasteiger partial charge in [-0.15, -0.1) is 0 Å². The van der Waals surface area contributed by atoms with E-state index in [0.29, 0.717) is 5.56 Å². The van der Waals surface area contributed by atoms with Gasteiger partial charge in [0.25, 0.3) is 5.91 Å². The van der Waals surface area contributed by atoms with Crippen molar-refractivity contribution in [1.82, 2.24) is 20.5 Å². The molecule has 2 rings (SSSR count). The Bertz CT molecular complexity index is 510. The molecule has 88 valence electrons. The molecule has 2 aromatic rings. The predicted octanol–water partition coefficient (Wildman–Crippen LogP) is 1.00. The zero-order chi connectivity index (χ0) is 12.3. The number of amides is 1. The summed E-state index contributed by atoms with van der Waals surface area (Å²) in [6.07, 6.45) is 6.03. The Kier molecular flexibility index (Phi) is 3.04. The van der Waals surface area contributed by atoms with Crippen LogP contribution in [-0.4, -0.2) is 26.2 Å². The first-order valence-corrected chi connectivity index (χ1v) is 5.10. The largest absolute Gasteiger partial charge is 0.506 e. The fourth-order valence-electron chi connectivity index (χ4n) is 1.41. The molecule has 0 aliphatic rings. The van der Waals surface area contributed by atoms with Crippen molar-refractivity contribution in [2.45, 2.75) is 13.0 Å². The van der Waals surface area contributed by atoms with Gasteiger partial charge in [-0.3, -0.25) is 14.9 Å². The number of nitrogens with zero attached hydrogens (tertiary/aromatic N) is 2. The highest BCUT2D eigenvalue weighted by Crippen LogP contribution is 2.12. The van der Waals surface area contributed by atoms with E-state index in [1.165, 1.54) is 18.5 Å². The number of rotatable bonds is 3. The number of nitrogens with one attached hydrogen (secondary N) is 2. The van der Waals surface area contributed by atoms with Crippen LogP contribution in [0.2, 0.25) is 0 Å². The number of pyridine rings is 1. The van der Waals surface area contributed by atoms with E-state index < -0.39 is 0 Å². The Balaban J connectivity index is 2.07. The monoisotopic (exact) mass is 232 g/mol. The van der Waals surface area contributed by atoms with E-state index >= 15 is 0 Å². The van der Waals surface area contributed by atoms with E-state index in [9.17, 15) is 9.90 Å². The topological polar surface area (TPSA) is 90.9 Å². The molecule has 0 fully saturated rings. The van der Waals surface area contributed by atoms with E-state index in [0.717, 1.165) is 5.56 Å². The molecule has 0 spiro atoms. The first-order chi connectivity index (χ1) is 8.16. The molecule has 0 bridgehead atoms. The van der Waals surface area contributed by atoms with Crippen LogP contribution in [0.1, 0.15) is 28.9 Å². The highest BCUT2D eigenvalue weighted by Gasteiger charge is 2.12. The SMILES string of the molecule is CC(NC(=O)c1cncc(O)c1)c1cn[nH]c1. The molecular formula is C11H12N4O2. The molecule has 0 aromatic carbocycles. The molecule has 0 aliphatic heterocycles. The lowest BCUT2D eigenvalue weighted by molar-refractivity contribution is 0.0939. The number of aromatic hydroxyl groups is 1. The van der Waals surface area contributed by atoms with Crippen LogP contribution in [0.3, 0.4) is 0 Å². The molecule has 1 amide bonds. The summed E-state index contributed by atoms with van der Waals surface area (Å²) in [5, 5.41) is 18.5. The molecular weight excluding hydrogens is 220 g/mol. The van der Waals surface area contributed by atoms with Crippen molar-refractivity contribution in [3.63, 3.8) is 0 Å². The quantitative estimate of drug-likeness (QED) is 0.736. The standard InChI is InChI=1S/C11H12N4O2/c1-7(9-4-13-14-5-9)15-11(17)8-2-10(16)6-12-3-8/h2-7,16H,1H3,(H,13,14)(H,15,17). The van der Waals surface area contributed by atoms with E-state index in [1.54, 1.807) is 12.4 Å². The van der Waals surface area contributed by atoms with Crippen molar-refractivity contribution in [3.8, 4) is 5.75 Å². The number of hydrogen-bond donors (Lipinski definition) is 3. The minimum atomic E-state index is -0.290. The highest BCUT2D eigenvalue weighted by molar-refractivity contribution is 5.94. The molecule has 1 atom stereocenters. The molecule has 0 saturated heterocycles. The molecule has 6 nitrogen and oxygen atoms in total. The number of hydrogen-bond acceptors (Lipinski definition) is 4. The lowest BCUT2D eigenvalue weighted by Crippen LogP contribution is -2.26. The predicted molar refractivity (Wildman–Crippen MR) is 60.4 cm³/mol. The van der Waals surface area contributed by atoms with Crippen LogP contribution in [0.5, 0.6) is 5.75 Å². The minimum Gasteiger partial charge on any atom is -0.506 e. The Labute approximate surface area is 97.7 Å². The number of aromatic nitrogens is 3. The molecule has 0 aliphatic carbocycles. The summed E-state index contributed by atoms with van der Waals surface area (Å²) in [6.45, 7) is 1.85. The zero-order valence-electron chi connectivity index (χ0n) is 9.21. The van der Waals surface area contributed by atoms with Gasteiger partial charge in [-0.25, -0.2) is 0 Å². The van der Waals surface area contributed by atoms with Crippen LogP contribution in [0.25, 0.3) is 0 Å². The third-order valence-corrected chi connectivity index (χ3v) is 2.35. The van der Waals surface area contributed by atoms with Crippen LogP contribution in [0.4, 0.5) is 0 Å². The van der Waals surface area contributed by atoms with E-state index in [-0.39, 0.29) is 17.7 Å². The molecule has 3 N–H and O–H groups in total. The summed E-state index contributed by atoms with van der Waals surface area (Å²) in [6, 6.07) is 1.20. The van der Waals surface area contributed by atoms with Gasteiger partial charge in [0.1, 0.15) is 5.75 Å². The van der Waals surface area contributed by atoms with Gasteiger partial charge in [0.2, 0.25) is 0 Å². The van der Waals surface area contributed by atoms with Crippen molar-refractivity contribution < 1.29 is 9.90 Å². The van der Waals surface area contributed by atoms with Crippen molar-refractivity contribution >= 4 is 5.91 Å². The first kappa shape index (κ1) is 11.1. The second-order valence-electron chi connectivity index (χ2n) is 3.66. The zero-order valence-corrected chi connectivity index (χ0v) is 9.21. The van der Waals surface area contributed by atoms with Gasteiger partial charge < -0.3 is 10.4 Å². The number of carbonyl (C=O) groups is 1. The summed E-state index contributed by atoms with van der Waals surface area (Å²) >= 11 is 0. The second kappa shape index (κ2) is 4.65. The number of aromatic amines is 1. The second-order valence-corrected chi connectivity index (χ2v) is 3.66. The van der Waals surface area contributed by atoms with Crippen molar-refractivity contribution in [3.05, 3.63) is 42.0 Å². The van der Waals surface area contributed by atoms with Crippen LogP contribution >= 0.6 is 0 Å². The summed E-state index contributed by atoms with van der Waals surface area (Å²) in [4.78, 5) is 15.6. The minimum absolute atomic E-state index is 0.0337. The van der Waals surface area contributed by atoms with Gasteiger partial charge in [0.15, 0.2) is 0 Å². The fourth-order valence-corrected chi connectivity index (χ4v) is 1.41. The first-order valence-electron chi connectivity index (χ1n) is 5.10. The molecule has 6 heteroatoms. The average molecular weight is 232 g/mol. The van der Waals surface area contributed by atoms with Crippen LogP contribution in [-0.2, 0) is 0 Å². The Morgan fingerprint density at radius 2 is 2.29 bits per heavy atom. The Morgan fingerprint density at radius 1 is 1.47 bits per heavy atom. The molecule has 0 saturated carbocycles. The van der Waals surface area contributed by atoms with E-state index in [4.69, 9.17) is 0 Å². The Hall–Kier alpha value is -2.37. The van der Waals surface area contributed by atoms with Crippen LogP contribution in [0, 0.1) is 0 Å². The smallest absolute Gasteiger partial charge is 0.253 e. The number of H-pyrrole nitrogens is 1. The van der Waals surface area contributed by atoms with Gasteiger partial charge in [-0.1, -0.05) is 0 Å². The maximum Gasteiger partial charge on any atom is 0.253 e. The van der Waals surface area contributed by atoms with Gasteiger partial charge in [-0.05, 0) is 13.0 Å². The van der Waals surface area contributed by atoms with Gasteiger partial charge in [0, 0.05) is 18.0 Å². The molecule has 17 heavy (non-hydrogen) atoms. The van der Waals surface area contributed by atoms with E-state index in [2.05, 4.69) is 20.5 Å². The van der Waals surface area contributed by atoms with Crippen molar-refractivity contribution in [2.24, 2.45) is 0 Å². The molecule has 1 unspecified atom stereocenters. The highest BCUT2D eigenvalue weighted by atomic mass is 16.3. The summed E-state index contributed by atoms with van der Waals surface area (Å²) in [5.74, 6) is -0.323. The van der Waals surface area contributed by atoms with Crippen LogP contribution in [0.15, 0.2) is 30.9 Å². The Morgan fingerprint density at radius 3 is 2.94 bits per heavy atom. The fraction of sp³-hybridized carbons (Fsp3) is 0.182. The third-order valence-electron chi connectivity index (χ3n) is 2.35. The lowest BCUT2D eigenvalue weighted by Gasteiger charge is -2.11. The molecule has 2 heterocycles. The summed E-state index contributed by atoms with van der Waals surface area (Å²) < 4.78 is 0. The average Bonchev–Trinajstić information content (AvgIpc) is 2.82. The van der Waals surface area contributed by atoms with Gasteiger partial charge >= 0.3 is 0 Å². The van der Waals surface area contributed by atoms with E-state index in [1.807, 2.05) is 6.92 Å². The maximum atomic E-state index is 11.8. The number of carbonyl (C=O) groups excluding carboxylic acids is 1. The molecule has 0 radical (unpaired) electrons. The summed E-state index contributed by atoms with van der Waals surface area (Å²) in [7, 11) is 0. The molecule has 2 aromatic heterocycles. The lowest BCUT2D eigenvalue weighted by atomic mass is 10.1. The normalized spacial score (nSPS) is 12.1. The third kappa shape index (κ3) is 2.60.